The summed E-state index contributed by atoms with van der Waals surface area (Å²) in [5, 5.41) is 10.2. The lowest BCUT2D eigenvalue weighted by molar-refractivity contribution is -0.123. The number of amides is 1. The van der Waals surface area contributed by atoms with E-state index >= 15 is 0 Å². The van der Waals surface area contributed by atoms with E-state index in [1.807, 2.05) is 55.5 Å². The van der Waals surface area contributed by atoms with Gasteiger partial charge in [-0.25, -0.2) is 4.99 Å². The molecule has 0 atom stereocenters. The zero-order valence-corrected chi connectivity index (χ0v) is 20.1. The van der Waals surface area contributed by atoms with Gasteiger partial charge in [0.15, 0.2) is 12.6 Å². The summed E-state index contributed by atoms with van der Waals surface area (Å²) >= 11 is 6.03. The minimum Gasteiger partial charge on any atom is -0.484 e. The van der Waals surface area contributed by atoms with Crippen LogP contribution < -0.4 is 20.7 Å². The molecule has 0 unspecified atom stereocenters. The van der Waals surface area contributed by atoms with Crippen LogP contribution in [0.2, 0.25) is 5.02 Å². The van der Waals surface area contributed by atoms with Crippen LogP contribution in [0.3, 0.4) is 0 Å². The van der Waals surface area contributed by atoms with E-state index in [-0.39, 0.29) is 36.5 Å². The van der Waals surface area contributed by atoms with E-state index in [9.17, 15) is 4.79 Å². The summed E-state index contributed by atoms with van der Waals surface area (Å²) in [5.41, 5.74) is 2.09. The first-order valence-corrected chi connectivity index (χ1v) is 10.3. The highest BCUT2D eigenvalue weighted by atomic mass is 127. The number of ether oxygens (including phenoxy) is 1. The Morgan fingerprint density at radius 1 is 1.13 bits per heavy atom. The van der Waals surface area contributed by atoms with Gasteiger partial charge in [0.05, 0.1) is 6.54 Å². The summed E-state index contributed by atoms with van der Waals surface area (Å²) in [6.07, 6.45) is 2.14. The van der Waals surface area contributed by atoms with Crippen molar-refractivity contribution in [2.75, 3.05) is 13.2 Å². The van der Waals surface area contributed by atoms with Gasteiger partial charge in [-0.1, -0.05) is 35.9 Å². The van der Waals surface area contributed by atoms with E-state index < -0.39 is 0 Å². The van der Waals surface area contributed by atoms with Crippen molar-refractivity contribution in [1.82, 2.24) is 16.0 Å². The molecule has 6 nitrogen and oxygen atoms in total. The van der Waals surface area contributed by atoms with Crippen LogP contribution in [0.1, 0.15) is 30.9 Å². The summed E-state index contributed by atoms with van der Waals surface area (Å²) in [6.45, 7) is 3.96. The number of hydrogen-bond donors (Lipinski definition) is 3. The van der Waals surface area contributed by atoms with Gasteiger partial charge in [0.25, 0.3) is 5.91 Å². The van der Waals surface area contributed by atoms with Gasteiger partial charge >= 0.3 is 0 Å². The van der Waals surface area contributed by atoms with Gasteiger partial charge in [0, 0.05) is 24.2 Å². The molecule has 30 heavy (non-hydrogen) atoms. The number of benzene rings is 2. The average Bonchev–Trinajstić information content (AvgIpc) is 3.53. The molecular weight excluding hydrogens is 515 g/mol. The third-order valence-electron chi connectivity index (χ3n) is 4.32. The third-order valence-corrected chi connectivity index (χ3v) is 4.56. The minimum atomic E-state index is -0.0707. The predicted octanol–water partition coefficient (Wildman–Crippen LogP) is 3.87. The van der Waals surface area contributed by atoms with Crippen LogP contribution in [0.25, 0.3) is 0 Å². The Morgan fingerprint density at radius 2 is 1.90 bits per heavy atom. The first-order valence-electron chi connectivity index (χ1n) is 9.90. The van der Waals surface area contributed by atoms with Crippen molar-refractivity contribution in [3.05, 3.63) is 64.7 Å². The van der Waals surface area contributed by atoms with E-state index in [1.165, 1.54) is 0 Å². The number of nitrogens with zero attached hydrogens (tertiary/aromatic N) is 1. The zero-order chi connectivity index (χ0) is 20.5. The zero-order valence-electron chi connectivity index (χ0n) is 17.0. The van der Waals surface area contributed by atoms with Crippen LogP contribution in [0.15, 0.2) is 53.5 Å². The molecule has 0 heterocycles. The SMILES string of the molecule is CCNC(=NCc1cccc(Cl)c1)NCc1cccc(OCC(=O)NC2CC2)c1.I. The highest BCUT2D eigenvalue weighted by molar-refractivity contribution is 14.0. The van der Waals surface area contributed by atoms with Crippen LogP contribution in [0.4, 0.5) is 0 Å². The maximum absolute atomic E-state index is 11.8. The average molecular weight is 543 g/mol. The number of carbonyl (C=O) groups is 1. The van der Waals surface area contributed by atoms with Crippen molar-refractivity contribution in [2.24, 2.45) is 4.99 Å². The van der Waals surface area contributed by atoms with Crippen molar-refractivity contribution in [3.8, 4) is 5.75 Å². The van der Waals surface area contributed by atoms with Crippen LogP contribution in [-0.2, 0) is 17.9 Å². The Hall–Kier alpha value is -2.00. The number of carbonyl (C=O) groups excluding carboxylic acids is 1. The lowest BCUT2D eigenvalue weighted by Crippen LogP contribution is -2.36. The fourth-order valence-corrected chi connectivity index (χ4v) is 2.94. The minimum absolute atomic E-state index is 0. The molecule has 0 aromatic heterocycles. The molecule has 162 valence electrons. The van der Waals surface area contributed by atoms with Gasteiger partial charge in [-0.2, -0.15) is 0 Å². The van der Waals surface area contributed by atoms with Crippen LogP contribution >= 0.6 is 35.6 Å². The van der Waals surface area contributed by atoms with Crippen molar-refractivity contribution < 1.29 is 9.53 Å². The number of guanidine groups is 1. The molecule has 3 rings (SSSR count). The van der Waals surface area contributed by atoms with E-state index in [1.54, 1.807) is 0 Å². The first kappa shape index (κ1) is 24.3. The van der Waals surface area contributed by atoms with Crippen LogP contribution in [0.5, 0.6) is 5.75 Å². The van der Waals surface area contributed by atoms with E-state index in [4.69, 9.17) is 16.3 Å². The number of rotatable bonds is 9. The fourth-order valence-electron chi connectivity index (χ4n) is 2.72. The molecule has 1 saturated carbocycles. The fraction of sp³-hybridized carbons (Fsp3) is 0.364. The molecule has 1 aliphatic rings. The molecule has 3 N–H and O–H groups in total. The Kier molecular flexibility index (Phi) is 10.2. The summed E-state index contributed by atoms with van der Waals surface area (Å²) < 4.78 is 5.61. The first-order chi connectivity index (χ1) is 14.1. The van der Waals surface area contributed by atoms with Crippen LogP contribution in [0, 0.1) is 0 Å². The predicted molar refractivity (Wildman–Crippen MR) is 132 cm³/mol. The van der Waals surface area contributed by atoms with Gasteiger partial charge in [-0.15, -0.1) is 24.0 Å². The normalized spacial score (nSPS) is 13.2. The standard InChI is InChI=1S/C22H27ClN4O2.HI/c1-2-24-22(25-13-16-5-3-7-18(23)11-16)26-14-17-6-4-8-20(12-17)29-15-21(28)27-19-9-10-19;/h3-8,11-12,19H,2,9-10,13-15H2,1H3,(H,27,28)(H2,24,25,26);1H. The molecule has 0 aliphatic heterocycles. The van der Waals surface area contributed by atoms with Crippen molar-refractivity contribution in [1.29, 1.82) is 0 Å². The molecule has 2 aromatic carbocycles. The topological polar surface area (TPSA) is 74.8 Å². The second kappa shape index (κ2) is 12.6. The molecule has 2 aromatic rings. The smallest absolute Gasteiger partial charge is 0.258 e. The van der Waals surface area contributed by atoms with E-state index in [2.05, 4.69) is 20.9 Å². The number of hydrogen-bond acceptors (Lipinski definition) is 3. The molecule has 1 aliphatic carbocycles. The summed E-state index contributed by atoms with van der Waals surface area (Å²) in [6, 6.07) is 15.7. The number of nitrogens with one attached hydrogen (secondary N) is 3. The monoisotopic (exact) mass is 542 g/mol. The second-order valence-electron chi connectivity index (χ2n) is 6.96. The van der Waals surface area contributed by atoms with Gasteiger partial charge in [0.1, 0.15) is 5.75 Å². The van der Waals surface area contributed by atoms with Gasteiger partial charge in [-0.3, -0.25) is 4.79 Å². The van der Waals surface area contributed by atoms with Crippen molar-refractivity contribution in [3.63, 3.8) is 0 Å². The summed E-state index contributed by atoms with van der Waals surface area (Å²) in [5.74, 6) is 1.33. The van der Waals surface area contributed by atoms with E-state index in [0.717, 1.165) is 36.5 Å². The van der Waals surface area contributed by atoms with Crippen LogP contribution in [-0.4, -0.2) is 31.1 Å². The van der Waals surface area contributed by atoms with Gasteiger partial charge in [-0.05, 0) is 55.2 Å². The highest BCUT2D eigenvalue weighted by Crippen LogP contribution is 2.18. The summed E-state index contributed by atoms with van der Waals surface area (Å²) in [7, 11) is 0. The molecule has 1 amide bonds. The molecule has 1 fully saturated rings. The van der Waals surface area contributed by atoms with E-state index in [0.29, 0.717) is 29.9 Å². The Bertz CT molecular complexity index is 859. The largest absolute Gasteiger partial charge is 0.484 e. The quantitative estimate of drug-likeness (QED) is 0.256. The summed E-state index contributed by atoms with van der Waals surface area (Å²) in [4.78, 5) is 16.4. The Morgan fingerprint density at radius 3 is 2.63 bits per heavy atom. The van der Waals surface area contributed by atoms with Crippen molar-refractivity contribution in [2.45, 2.75) is 38.9 Å². The molecular formula is C22H28ClIN4O2. The van der Waals surface area contributed by atoms with Crippen molar-refractivity contribution >= 4 is 47.4 Å². The lowest BCUT2D eigenvalue weighted by Gasteiger charge is -2.12. The second-order valence-corrected chi connectivity index (χ2v) is 7.39. The highest BCUT2D eigenvalue weighted by Gasteiger charge is 2.23. The molecule has 0 bridgehead atoms. The number of aliphatic imine (C=N–C) groups is 1. The molecule has 0 saturated heterocycles. The Labute approximate surface area is 199 Å². The molecule has 8 heteroatoms. The maximum atomic E-state index is 11.8. The van der Waals surface area contributed by atoms with Gasteiger partial charge < -0.3 is 20.7 Å². The van der Waals surface area contributed by atoms with Gasteiger partial charge in [0.2, 0.25) is 0 Å². The lowest BCUT2D eigenvalue weighted by atomic mass is 10.2. The third kappa shape index (κ3) is 8.79. The maximum Gasteiger partial charge on any atom is 0.258 e. The molecule has 0 radical (unpaired) electrons. The molecule has 0 spiro atoms. The number of halogens is 2. The Balaban J connectivity index is 0.00000320.